The lowest BCUT2D eigenvalue weighted by Crippen LogP contribution is -2.28. The molecule has 0 radical (unpaired) electrons. The minimum atomic E-state index is -3.37. The monoisotopic (exact) mass is 313 g/mol. The van der Waals surface area contributed by atoms with E-state index in [0.717, 1.165) is 11.8 Å². The van der Waals surface area contributed by atoms with Crippen LogP contribution in [-0.2, 0) is 21.2 Å². The fourth-order valence-corrected chi connectivity index (χ4v) is 2.06. The number of carbonyl (C=O) groups excluding carboxylic acids is 2. The molecule has 1 aromatic rings. The Morgan fingerprint density at radius 2 is 1.90 bits per heavy atom. The van der Waals surface area contributed by atoms with Crippen molar-refractivity contribution in [3.8, 4) is 0 Å². The lowest BCUT2D eigenvalue weighted by Gasteiger charge is -2.11. The molecule has 7 nitrogen and oxygen atoms in total. The number of sulfonamides is 1. The summed E-state index contributed by atoms with van der Waals surface area (Å²) in [6.45, 7) is 1.88. The van der Waals surface area contributed by atoms with E-state index in [1.54, 1.807) is 18.2 Å². The van der Waals surface area contributed by atoms with E-state index in [1.165, 1.54) is 0 Å². The van der Waals surface area contributed by atoms with Crippen LogP contribution < -0.4 is 16.0 Å². The van der Waals surface area contributed by atoms with Crippen molar-refractivity contribution in [1.29, 1.82) is 0 Å². The van der Waals surface area contributed by atoms with Crippen molar-refractivity contribution < 1.29 is 18.0 Å². The van der Waals surface area contributed by atoms with Crippen LogP contribution in [0.4, 0.5) is 5.69 Å². The summed E-state index contributed by atoms with van der Waals surface area (Å²) in [7, 11) is -3.37. The van der Waals surface area contributed by atoms with Crippen molar-refractivity contribution in [3.05, 3.63) is 29.3 Å². The van der Waals surface area contributed by atoms with Gasteiger partial charge in [-0.25, -0.2) is 8.42 Å². The minimum absolute atomic E-state index is 0.0115. The van der Waals surface area contributed by atoms with E-state index in [9.17, 15) is 18.0 Å². The Hall–Kier alpha value is -1.93. The van der Waals surface area contributed by atoms with Gasteiger partial charge in [0.1, 0.15) is 0 Å². The van der Waals surface area contributed by atoms with E-state index >= 15 is 0 Å². The van der Waals surface area contributed by atoms with Gasteiger partial charge in [0.2, 0.25) is 15.9 Å². The van der Waals surface area contributed by atoms with E-state index in [-0.39, 0.29) is 18.6 Å². The van der Waals surface area contributed by atoms with Crippen LogP contribution in [0.25, 0.3) is 0 Å². The topological polar surface area (TPSA) is 118 Å². The van der Waals surface area contributed by atoms with Gasteiger partial charge in [0, 0.05) is 18.4 Å². The molecular weight excluding hydrogens is 294 g/mol. The zero-order valence-electron chi connectivity index (χ0n) is 12.0. The zero-order valence-corrected chi connectivity index (χ0v) is 12.8. The molecule has 0 spiro atoms. The van der Waals surface area contributed by atoms with Crippen LogP contribution >= 0.6 is 0 Å². The molecule has 0 heterocycles. The number of primary amides is 1. The maximum Gasteiger partial charge on any atom is 0.225 e. The molecule has 0 saturated heterocycles. The molecule has 1 aromatic carbocycles. The number of aryl methyl sites for hydroxylation is 1. The van der Waals surface area contributed by atoms with Gasteiger partial charge in [0.25, 0.3) is 0 Å². The number of ketones is 1. The minimum Gasteiger partial charge on any atom is -0.370 e. The van der Waals surface area contributed by atoms with E-state index < -0.39 is 15.9 Å². The Labute approximate surface area is 123 Å². The fraction of sp³-hybridized carbons (Fsp3) is 0.385. The predicted molar refractivity (Wildman–Crippen MR) is 80.2 cm³/mol. The summed E-state index contributed by atoms with van der Waals surface area (Å²) in [6.07, 6.45) is 1.71. The average Bonchev–Trinajstić information content (AvgIpc) is 2.41. The Morgan fingerprint density at radius 1 is 1.24 bits per heavy atom. The first-order chi connectivity index (χ1) is 9.73. The van der Waals surface area contributed by atoms with E-state index in [1.807, 2.05) is 6.92 Å². The van der Waals surface area contributed by atoms with Crippen molar-refractivity contribution in [2.45, 2.75) is 26.2 Å². The Balaban J connectivity index is 2.88. The summed E-state index contributed by atoms with van der Waals surface area (Å²) in [6, 6.07) is 4.89. The first kappa shape index (κ1) is 17.1. The van der Waals surface area contributed by atoms with Crippen LogP contribution in [0.5, 0.6) is 0 Å². The summed E-state index contributed by atoms with van der Waals surface area (Å²) < 4.78 is 22.0. The van der Waals surface area contributed by atoms with Gasteiger partial charge >= 0.3 is 0 Å². The summed E-state index contributed by atoms with van der Waals surface area (Å²) in [5, 5.41) is 0. The second kappa shape index (κ2) is 7.19. The Morgan fingerprint density at radius 3 is 2.43 bits per heavy atom. The van der Waals surface area contributed by atoms with Crippen molar-refractivity contribution >= 4 is 27.4 Å². The maximum absolute atomic E-state index is 12.0. The third kappa shape index (κ3) is 5.92. The highest BCUT2D eigenvalue weighted by Gasteiger charge is 2.12. The number of rotatable bonds is 8. The van der Waals surface area contributed by atoms with Gasteiger partial charge in [-0.1, -0.05) is 6.92 Å². The molecule has 0 aliphatic carbocycles. The quantitative estimate of drug-likeness (QED) is 0.479. The van der Waals surface area contributed by atoms with Gasteiger partial charge in [0.05, 0.1) is 11.9 Å². The van der Waals surface area contributed by atoms with Gasteiger partial charge in [-0.2, -0.15) is 0 Å². The van der Waals surface area contributed by atoms with E-state index in [4.69, 9.17) is 5.73 Å². The maximum atomic E-state index is 12.0. The first-order valence-corrected chi connectivity index (χ1v) is 8.29. The molecule has 1 amide bonds. The SMILES string of the molecule is CCc1cc(NNS(C)(=O)=O)ccc1C(=O)CCC(N)=O. The van der Waals surface area contributed by atoms with E-state index in [2.05, 4.69) is 10.3 Å². The number of anilines is 1. The molecule has 0 fully saturated rings. The third-order valence-electron chi connectivity index (χ3n) is 2.77. The predicted octanol–water partition coefficient (Wildman–Crippen LogP) is 0.573. The molecule has 116 valence electrons. The molecular formula is C13H19N3O4S. The normalized spacial score (nSPS) is 11.1. The summed E-state index contributed by atoms with van der Waals surface area (Å²) in [5.41, 5.74) is 9.40. The largest absolute Gasteiger partial charge is 0.370 e. The van der Waals surface area contributed by atoms with Crippen molar-refractivity contribution in [2.24, 2.45) is 5.73 Å². The molecule has 4 N–H and O–H groups in total. The van der Waals surface area contributed by atoms with Gasteiger partial charge < -0.3 is 11.2 Å². The van der Waals surface area contributed by atoms with Gasteiger partial charge in [-0.05, 0) is 30.2 Å². The number of benzene rings is 1. The summed E-state index contributed by atoms with van der Waals surface area (Å²) in [4.78, 5) is 24.9. The number of carbonyl (C=O) groups is 2. The number of hydrogen-bond donors (Lipinski definition) is 3. The second-order valence-electron chi connectivity index (χ2n) is 4.61. The van der Waals surface area contributed by atoms with Crippen molar-refractivity contribution in [1.82, 2.24) is 4.83 Å². The third-order valence-corrected chi connectivity index (χ3v) is 3.24. The number of hydrogen-bond acceptors (Lipinski definition) is 5. The molecule has 0 aliphatic rings. The first-order valence-electron chi connectivity index (χ1n) is 6.40. The molecule has 21 heavy (non-hydrogen) atoms. The highest BCUT2D eigenvalue weighted by Crippen LogP contribution is 2.18. The van der Waals surface area contributed by atoms with Crippen molar-refractivity contribution in [2.75, 3.05) is 11.7 Å². The Bertz CT molecular complexity index is 641. The highest BCUT2D eigenvalue weighted by atomic mass is 32.2. The van der Waals surface area contributed by atoms with Gasteiger partial charge in [-0.3, -0.25) is 9.59 Å². The molecule has 1 rings (SSSR count). The molecule has 0 aliphatic heterocycles. The van der Waals surface area contributed by atoms with Crippen LogP contribution in [-0.4, -0.2) is 26.4 Å². The summed E-state index contributed by atoms with van der Waals surface area (Å²) in [5.74, 6) is -0.676. The highest BCUT2D eigenvalue weighted by molar-refractivity contribution is 7.88. The zero-order chi connectivity index (χ0) is 16.0. The van der Waals surface area contributed by atoms with Crippen LogP contribution in [0.15, 0.2) is 18.2 Å². The summed E-state index contributed by atoms with van der Waals surface area (Å²) >= 11 is 0. The number of hydrazine groups is 1. The van der Waals surface area contributed by atoms with Gasteiger partial charge in [-0.15, -0.1) is 4.83 Å². The van der Waals surface area contributed by atoms with Crippen LogP contribution in [0.2, 0.25) is 0 Å². The lowest BCUT2D eigenvalue weighted by molar-refractivity contribution is -0.118. The van der Waals surface area contributed by atoms with Crippen LogP contribution in [0.3, 0.4) is 0 Å². The van der Waals surface area contributed by atoms with Crippen LogP contribution in [0, 0.1) is 0 Å². The molecule has 0 atom stereocenters. The van der Waals surface area contributed by atoms with Crippen LogP contribution in [0.1, 0.15) is 35.7 Å². The molecule has 0 bridgehead atoms. The fourth-order valence-electron chi connectivity index (χ4n) is 1.76. The number of Topliss-reactive ketones (excluding diaryl/α,β-unsaturated/α-hetero) is 1. The number of amides is 1. The van der Waals surface area contributed by atoms with E-state index in [0.29, 0.717) is 17.7 Å². The second-order valence-corrected chi connectivity index (χ2v) is 6.36. The van der Waals surface area contributed by atoms with Crippen molar-refractivity contribution in [3.63, 3.8) is 0 Å². The number of nitrogens with one attached hydrogen (secondary N) is 2. The Kier molecular flexibility index (Phi) is 5.86. The number of nitrogens with two attached hydrogens (primary N) is 1. The molecule has 8 heteroatoms. The van der Waals surface area contributed by atoms with Gasteiger partial charge in [0.15, 0.2) is 5.78 Å². The lowest BCUT2D eigenvalue weighted by atomic mass is 9.98. The standard InChI is InChI=1S/C13H19N3O4S/c1-3-9-8-10(15-16-21(2,19)20)4-5-11(9)12(17)6-7-13(14)18/h4-5,8,15-16H,3,6-7H2,1-2H3,(H2,14,18). The molecule has 0 unspecified atom stereocenters. The molecule has 0 saturated carbocycles. The average molecular weight is 313 g/mol. The molecule has 0 aromatic heterocycles. The smallest absolute Gasteiger partial charge is 0.225 e.